The van der Waals surface area contributed by atoms with Crippen molar-refractivity contribution in [1.29, 1.82) is 0 Å². The molecule has 2 rings (SSSR count). The number of benzene rings is 1. The van der Waals surface area contributed by atoms with Gasteiger partial charge in [0, 0.05) is 17.5 Å². The molecule has 4 heteroatoms. The van der Waals surface area contributed by atoms with E-state index < -0.39 is 0 Å². The number of rotatable bonds is 3. The third kappa shape index (κ3) is 3.47. The highest BCUT2D eigenvalue weighted by atomic mass is 35.5. The van der Waals surface area contributed by atoms with Crippen molar-refractivity contribution in [3.63, 3.8) is 0 Å². The van der Waals surface area contributed by atoms with Gasteiger partial charge in [0.15, 0.2) is 0 Å². The number of nitrogens with two attached hydrogens (primary N) is 1. The summed E-state index contributed by atoms with van der Waals surface area (Å²) in [5.41, 5.74) is 8.32. The maximum absolute atomic E-state index is 6.16. The molecule has 0 aliphatic carbocycles. The van der Waals surface area contributed by atoms with Crippen LogP contribution in [0.4, 0.5) is 0 Å². The molecule has 1 unspecified atom stereocenters. The van der Waals surface area contributed by atoms with E-state index in [2.05, 4.69) is 30.7 Å². The first kappa shape index (κ1) is 13.4. The number of nitrogens with one attached hydrogen (secondary N) is 1. The Kier molecular flexibility index (Phi) is 3.64. The Labute approximate surface area is 113 Å². The second kappa shape index (κ2) is 4.90. The fraction of sp³-hybridized carbons (Fsp3) is 0.500. The van der Waals surface area contributed by atoms with Gasteiger partial charge in [0.1, 0.15) is 5.82 Å². The van der Waals surface area contributed by atoms with Crippen LogP contribution >= 0.6 is 11.6 Å². The Morgan fingerprint density at radius 1 is 1.39 bits per heavy atom. The Bertz CT molecular complexity index is 539. The van der Waals surface area contributed by atoms with E-state index in [1.165, 1.54) is 0 Å². The van der Waals surface area contributed by atoms with E-state index in [4.69, 9.17) is 17.3 Å². The Morgan fingerprint density at radius 2 is 2.11 bits per heavy atom. The number of fused-ring (bicyclic) bond motifs is 1. The summed E-state index contributed by atoms with van der Waals surface area (Å²) in [5, 5.41) is 0.719. The first-order valence-corrected chi connectivity index (χ1v) is 6.61. The minimum absolute atomic E-state index is 0.126. The molecule has 1 heterocycles. The lowest BCUT2D eigenvalue weighted by molar-refractivity contribution is 0.337. The molecule has 0 spiro atoms. The van der Waals surface area contributed by atoms with Gasteiger partial charge in [0.05, 0.1) is 11.0 Å². The van der Waals surface area contributed by atoms with Crippen molar-refractivity contribution in [1.82, 2.24) is 9.97 Å². The zero-order valence-corrected chi connectivity index (χ0v) is 11.9. The lowest BCUT2D eigenvalue weighted by Gasteiger charge is -2.22. The normalized spacial score (nSPS) is 14.1. The molecule has 0 amide bonds. The van der Waals surface area contributed by atoms with E-state index >= 15 is 0 Å². The standard InChI is InChI=1S/C14H20ClN3/c1-14(2,3)8-10(16)7-13-17-11-5-4-9(15)6-12(11)18-13/h4-6,10H,7-8,16H2,1-3H3,(H,17,18). The van der Waals surface area contributed by atoms with E-state index in [9.17, 15) is 0 Å². The van der Waals surface area contributed by atoms with Gasteiger partial charge in [-0.15, -0.1) is 0 Å². The van der Waals surface area contributed by atoms with Crippen molar-refractivity contribution >= 4 is 22.6 Å². The lowest BCUT2D eigenvalue weighted by Crippen LogP contribution is -2.28. The molecule has 0 aliphatic heterocycles. The van der Waals surface area contributed by atoms with E-state index in [0.717, 1.165) is 34.7 Å². The van der Waals surface area contributed by atoms with Crippen LogP contribution in [-0.2, 0) is 6.42 Å². The van der Waals surface area contributed by atoms with Crippen LogP contribution in [-0.4, -0.2) is 16.0 Å². The van der Waals surface area contributed by atoms with Crippen molar-refractivity contribution in [3.05, 3.63) is 29.0 Å². The molecule has 18 heavy (non-hydrogen) atoms. The molecule has 0 fully saturated rings. The maximum Gasteiger partial charge on any atom is 0.108 e. The Morgan fingerprint density at radius 3 is 2.78 bits per heavy atom. The van der Waals surface area contributed by atoms with E-state index in [1.54, 1.807) is 0 Å². The van der Waals surface area contributed by atoms with Crippen LogP contribution in [0.5, 0.6) is 0 Å². The molecule has 2 aromatic rings. The van der Waals surface area contributed by atoms with Crippen molar-refractivity contribution < 1.29 is 0 Å². The van der Waals surface area contributed by atoms with Gasteiger partial charge in [-0.3, -0.25) is 0 Å². The minimum atomic E-state index is 0.126. The van der Waals surface area contributed by atoms with Crippen LogP contribution in [0.1, 0.15) is 33.0 Å². The van der Waals surface area contributed by atoms with Crippen LogP contribution in [0.25, 0.3) is 11.0 Å². The molecule has 0 aliphatic rings. The molecule has 0 bridgehead atoms. The average molecular weight is 266 g/mol. The number of hydrogen-bond donors (Lipinski definition) is 2. The van der Waals surface area contributed by atoms with Crippen LogP contribution in [0, 0.1) is 5.41 Å². The second-order valence-electron chi connectivity index (χ2n) is 6.07. The van der Waals surface area contributed by atoms with Crippen molar-refractivity contribution in [2.24, 2.45) is 11.1 Å². The number of aromatic nitrogens is 2. The van der Waals surface area contributed by atoms with Crippen LogP contribution < -0.4 is 5.73 Å². The smallest absolute Gasteiger partial charge is 0.108 e. The largest absolute Gasteiger partial charge is 0.342 e. The molecule has 1 aromatic carbocycles. The summed E-state index contributed by atoms with van der Waals surface area (Å²) >= 11 is 5.95. The molecule has 0 radical (unpaired) electrons. The van der Waals surface area contributed by atoms with Gasteiger partial charge in [-0.2, -0.15) is 0 Å². The highest BCUT2D eigenvalue weighted by molar-refractivity contribution is 6.31. The fourth-order valence-electron chi connectivity index (χ4n) is 2.24. The van der Waals surface area contributed by atoms with Crippen LogP contribution in [0.3, 0.4) is 0 Å². The van der Waals surface area contributed by atoms with E-state index in [-0.39, 0.29) is 11.5 Å². The van der Waals surface area contributed by atoms with Crippen molar-refractivity contribution in [2.45, 2.75) is 39.7 Å². The van der Waals surface area contributed by atoms with Gasteiger partial charge in [0.2, 0.25) is 0 Å². The summed E-state index contributed by atoms with van der Waals surface area (Å²) in [6.07, 6.45) is 1.74. The van der Waals surface area contributed by atoms with Crippen LogP contribution in [0.15, 0.2) is 18.2 Å². The summed E-state index contributed by atoms with van der Waals surface area (Å²) < 4.78 is 0. The molecular formula is C14H20ClN3. The molecule has 1 aromatic heterocycles. The summed E-state index contributed by atoms with van der Waals surface area (Å²) in [4.78, 5) is 7.81. The van der Waals surface area contributed by atoms with Gasteiger partial charge >= 0.3 is 0 Å². The first-order valence-electron chi connectivity index (χ1n) is 6.23. The predicted molar refractivity (Wildman–Crippen MR) is 76.9 cm³/mol. The molecule has 98 valence electrons. The molecule has 1 atom stereocenters. The predicted octanol–water partition coefficient (Wildman–Crippen LogP) is 3.52. The maximum atomic E-state index is 6.16. The topological polar surface area (TPSA) is 54.7 Å². The number of aromatic amines is 1. The zero-order valence-electron chi connectivity index (χ0n) is 11.1. The highest BCUT2D eigenvalue weighted by Gasteiger charge is 2.17. The number of halogens is 1. The lowest BCUT2D eigenvalue weighted by atomic mass is 9.87. The zero-order chi connectivity index (χ0) is 13.3. The van der Waals surface area contributed by atoms with E-state index in [0.29, 0.717) is 0 Å². The Hall–Kier alpha value is -1.06. The van der Waals surface area contributed by atoms with Crippen molar-refractivity contribution in [2.75, 3.05) is 0 Å². The third-order valence-electron chi connectivity index (χ3n) is 2.82. The average Bonchev–Trinajstić information content (AvgIpc) is 2.55. The second-order valence-corrected chi connectivity index (χ2v) is 6.51. The summed E-state index contributed by atoms with van der Waals surface area (Å²) in [6, 6.07) is 5.79. The monoisotopic (exact) mass is 265 g/mol. The fourth-order valence-corrected chi connectivity index (χ4v) is 2.41. The molecule has 0 saturated carbocycles. The minimum Gasteiger partial charge on any atom is -0.342 e. The SMILES string of the molecule is CC(C)(C)CC(N)Cc1nc2ccc(Cl)cc2[nH]1. The van der Waals surface area contributed by atoms with Gasteiger partial charge in [-0.25, -0.2) is 4.98 Å². The Balaban J connectivity index is 2.12. The summed E-state index contributed by atoms with van der Waals surface area (Å²) in [7, 11) is 0. The molecular weight excluding hydrogens is 246 g/mol. The molecule has 3 nitrogen and oxygen atoms in total. The quantitative estimate of drug-likeness (QED) is 0.892. The molecule has 3 N–H and O–H groups in total. The third-order valence-corrected chi connectivity index (χ3v) is 3.06. The summed E-state index contributed by atoms with van der Waals surface area (Å²) in [6.45, 7) is 6.60. The number of hydrogen-bond acceptors (Lipinski definition) is 2. The van der Waals surface area contributed by atoms with Gasteiger partial charge in [-0.05, 0) is 30.0 Å². The van der Waals surface area contributed by atoms with Crippen LogP contribution in [0.2, 0.25) is 5.02 Å². The van der Waals surface area contributed by atoms with E-state index in [1.807, 2.05) is 18.2 Å². The number of imidazole rings is 1. The first-order chi connectivity index (χ1) is 8.33. The van der Waals surface area contributed by atoms with Gasteiger partial charge in [0.25, 0.3) is 0 Å². The highest BCUT2D eigenvalue weighted by Crippen LogP contribution is 2.22. The number of H-pyrrole nitrogens is 1. The number of nitrogens with zero attached hydrogens (tertiary/aromatic N) is 1. The molecule has 0 saturated heterocycles. The van der Waals surface area contributed by atoms with Crippen molar-refractivity contribution in [3.8, 4) is 0 Å². The van der Waals surface area contributed by atoms with Gasteiger partial charge < -0.3 is 10.7 Å². The van der Waals surface area contributed by atoms with Gasteiger partial charge in [-0.1, -0.05) is 32.4 Å². The summed E-state index contributed by atoms with van der Waals surface area (Å²) in [5.74, 6) is 0.934.